The smallest absolute Gasteiger partial charge is 0.264 e. The molecule has 0 radical (unpaired) electrons. The summed E-state index contributed by atoms with van der Waals surface area (Å²) in [7, 11) is 0.252. The van der Waals surface area contributed by atoms with Gasteiger partial charge in [-0.1, -0.05) is 30.3 Å². The van der Waals surface area contributed by atoms with Crippen LogP contribution in [0.5, 0.6) is 0 Å². The van der Waals surface area contributed by atoms with Crippen molar-refractivity contribution >= 4 is 21.4 Å². The molecule has 4 rings (SSSR count). The third-order valence-electron chi connectivity index (χ3n) is 6.46. The van der Waals surface area contributed by atoms with Crippen LogP contribution in [0.25, 0.3) is 0 Å². The van der Waals surface area contributed by atoms with E-state index in [9.17, 15) is 12.8 Å². The number of sulfonamides is 1. The molecular weight excluding hydrogens is 449 g/mol. The molecule has 34 heavy (non-hydrogen) atoms. The number of aryl methyl sites for hydroxylation is 1. The van der Waals surface area contributed by atoms with Crippen LogP contribution in [0.4, 0.5) is 15.8 Å². The van der Waals surface area contributed by atoms with Crippen LogP contribution in [0.1, 0.15) is 24.0 Å². The second kappa shape index (κ2) is 10.2. The molecule has 1 aliphatic rings. The van der Waals surface area contributed by atoms with Gasteiger partial charge in [-0.3, -0.25) is 9.21 Å². The average Bonchev–Trinajstić information content (AvgIpc) is 2.82. The van der Waals surface area contributed by atoms with Crippen molar-refractivity contribution in [3.05, 3.63) is 89.7 Å². The predicted molar refractivity (Wildman–Crippen MR) is 136 cm³/mol. The Morgan fingerprint density at radius 1 is 0.882 bits per heavy atom. The van der Waals surface area contributed by atoms with Gasteiger partial charge < -0.3 is 4.90 Å². The van der Waals surface area contributed by atoms with Gasteiger partial charge >= 0.3 is 0 Å². The lowest BCUT2D eigenvalue weighted by molar-refractivity contribution is 0.206. The molecule has 0 unspecified atom stereocenters. The fourth-order valence-electron chi connectivity index (χ4n) is 4.56. The van der Waals surface area contributed by atoms with Crippen LogP contribution in [0.15, 0.2) is 77.7 Å². The Bertz CT molecular complexity index is 1200. The molecule has 0 bridgehead atoms. The van der Waals surface area contributed by atoms with Crippen LogP contribution in [0.3, 0.4) is 0 Å². The number of rotatable bonds is 7. The maximum absolute atomic E-state index is 13.8. The number of likely N-dealkylation sites (tertiary alicyclic amines) is 1. The lowest BCUT2D eigenvalue weighted by atomic mass is 10.0. The Balaban J connectivity index is 1.54. The van der Waals surface area contributed by atoms with Crippen molar-refractivity contribution in [2.45, 2.75) is 37.2 Å². The molecular formula is C27H32FN3O2S. The quantitative estimate of drug-likeness (QED) is 0.473. The van der Waals surface area contributed by atoms with Crippen molar-refractivity contribution in [1.29, 1.82) is 0 Å². The van der Waals surface area contributed by atoms with Crippen molar-refractivity contribution < 1.29 is 12.8 Å². The number of benzene rings is 3. The van der Waals surface area contributed by atoms with E-state index in [1.807, 2.05) is 20.2 Å². The van der Waals surface area contributed by atoms with Crippen molar-refractivity contribution in [2.24, 2.45) is 0 Å². The Morgan fingerprint density at radius 2 is 1.47 bits per heavy atom. The zero-order chi connectivity index (χ0) is 24.3. The van der Waals surface area contributed by atoms with Gasteiger partial charge in [0.05, 0.1) is 10.6 Å². The second-order valence-corrected chi connectivity index (χ2v) is 10.9. The molecule has 0 aromatic heterocycles. The van der Waals surface area contributed by atoms with Crippen molar-refractivity contribution in [2.75, 3.05) is 36.4 Å². The molecule has 7 heteroatoms. The van der Waals surface area contributed by atoms with Crippen molar-refractivity contribution in [1.82, 2.24) is 4.90 Å². The van der Waals surface area contributed by atoms with Gasteiger partial charge in [0.2, 0.25) is 0 Å². The number of nitrogens with zero attached hydrogens (tertiary/aromatic N) is 3. The Labute approximate surface area is 202 Å². The standard InChI is InChI=1S/C27H32FN3O2S/c1-21-6-4-5-7-27(21)34(32,33)31(25-14-10-23(28)11-15-25)26-16-18-30(19-17-26)20-22-8-12-24(13-9-22)29(2)3/h4-15,26H,16-20H2,1-3H3. The Hall–Kier alpha value is -2.90. The molecule has 1 fully saturated rings. The molecule has 0 saturated carbocycles. The summed E-state index contributed by atoms with van der Waals surface area (Å²) in [6.07, 6.45) is 1.41. The molecule has 0 N–H and O–H groups in total. The van der Waals surface area contributed by atoms with Gasteiger partial charge in [0, 0.05) is 45.5 Å². The van der Waals surface area contributed by atoms with Crippen LogP contribution in [0, 0.1) is 12.7 Å². The SMILES string of the molecule is Cc1ccccc1S(=O)(=O)N(c1ccc(F)cc1)C1CCN(Cc2ccc(N(C)C)cc2)CC1. The summed E-state index contributed by atoms with van der Waals surface area (Å²) < 4.78 is 42.8. The van der Waals surface area contributed by atoms with Gasteiger partial charge in [-0.25, -0.2) is 12.8 Å². The number of piperidine rings is 1. The average molecular weight is 482 g/mol. The van der Waals surface area contributed by atoms with Crippen LogP contribution in [-0.4, -0.2) is 46.5 Å². The van der Waals surface area contributed by atoms with Crippen LogP contribution < -0.4 is 9.21 Å². The van der Waals surface area contributed by atoms with Gasteiger partial charge in [-0.15, -0.1) is 0 Å². The van der Waals surface area contributed by atoms with E-state index in [4.69, 9.17) is 0 Å². The number of anilines is 2. The van der Waals surface area contributed by atoms with Gasteiger partial charge in [-0.2, -0.15) is 0 Å². The first-order valence-electron chi connectivity index (χ1n) is 11.6. The zero-order valence-corrected chi connectivity index (χ0v) is 20.8. The molecule has 0 aliphatic carbocycles. The first kappa shape index (κ1) is 24.2. The monoisotopic (exact) mass is 481 g/mol. The fraction of sp³-hybridized carbons (Fsp3) is 0.333. The number of hydrogen-bond acceptors (Lipinski definition) is 4. The third-order valence-corrected chi connectivity index (χ3v) is 8.50. The molecule has 1 heterocycles. The van der Waals surface area contributed by atoms with E-state index >= 15 is 0 Å². The first-order chi connectivity index (χ1) is 16.3. The van der Waals surface area contributed by atoms with Crippen LogP contribution in [0.2, 0.25) is 0 Å². The minimum atomic E-state index is -3.80. The van der Waals surface area contributed by atoms with Gasteiger partial charge in [0.1, 0.15) is 5.82 Å². The zero-order valence-electron chi connectivity index (χ0n) is 20.0. The van der Waals surface area contributed by atoms with Gasteiger partial charge in [0.15, 0.2) is 0 Å². The molecule has 3 aromatic carbocycles. The summed E-state index contributed by atoms with van der Waals surface area (Å²) >= 11 is 0. The van der Waals surface area contributed by atoms with E-state index in [1.54, 1.807) is 37.3 Å². The van der Waals surface area contributed by atoms with E-state index < -0.39 is 10.0 Å². The minimum Gasteiger partial charge on any atom is -0.378 e. The highest BCUT2D eigenvalue weighted by molar-refractivity contribution is 7.93. The van der Waals surface area contributed by atoms with Gasteiger partial charge in [-0.05, 0) is 73.4 Å². The lowest BCUT2D eigenvalue weighted by Gasteiger charge is -2.39. The Morgan fingerprint density at radius 3 is 2.06 bits per heavy atom. The second-order valence-electron chi connectivity index (χ2n) is 9.11. The maximum atomic E-state index is 13.8. The number of hydrogen-bond donors (Lipinski definition) is 0. The summed E-state index contributed by atoms with van der Waals surface area (Å²) in [5.41, 5.74) is 3.61. The number of halogens is 1. The van der Waals surface area contributed by atoms with Gasteiger partial charge in [0.25, 0.3) is 10.0 Å². The summed E-state index contributed by atoms with van der Waals surface area (Å²) in [5.74, 6) is -0.382. The van der Waals surface area contributed by atoms with Crippen LogP contribution >= 0.6 is 0 Å². The topological polar surface area (TPSA) is 43.9 Å². The normalized spacial score (nSPS) is 15.3. The Kier molecular flexibility index (Phi) is 7.24. The summed E-state index contributed by atoms with van der Waals surface area (Å²) in [5, 5.41) is 0. The highest BCUT2D eigenvalue weighted by Gasteiger charge is 2.34. The fourth-order valence-corrected chi connectivity index (χ4v) is 6.50. The first-order valence-corrected chi connectivity index (χ1v) is 13.0. The third kappa shape index (κ3) is 5.26. The van der Waals surface area contributed by atoms with E-state index in [-0.39, 0.29) is 11.9 Å². The lowest BCUT2D eigenvalue weighted by Crippen LogP contribution is -2.47. The van der Waals surface area contributed by atoms with E-state index in [0.717, 1.165) is 19.6 Å². The van der Waals surface area contributed by atoms with Crippen molar-refractivity contribution in [3.63, 3.8) is 0 Å². The maximum Gasteiger partial charge on any atom is 0.264 e. The van der Waals surface area contributed by atoms with E-state index in [2.05, 4.69) is 34.1 Å². The molecule has 5 nitrogen and oxygen atoms in total. The summed E-state index contributed by atoms with van der Waals surface area (Å²) in [6.45, 7) is 4.23. The predicted octanol–water partition coefficient (Wildman–Crippen LogP) is 5.06. The van der Waals surface area contributed by atoms with E-state index in [0.29, 0.717) is 29.0 Å². The molecule has 180 valence electrons. The molecule has 3 aromatic rings. The molecule has 0 amide bonds. The minimum absolute atomic E-state index is 0.192. The van der Waals surface area contributed by atoms with Crippen LogP contribution in [-0.2, 0) is 16.6 Å². The highest BCUT2D eigenvalue weighted by atomic mass is 32.2. The van der Waals surface area contributed by atoms with Crippen molar-refractivity contribution in [3.8, 4) is 0 Å². The molecule has 1 saturated heterocycles. The molecule has 0 atom stereocenters. The summed E-state index contributed by atoms with van der Waals surface area (Å²) in [4.78, 5) is 4.74. The summed E-state index contributed by atoms with van der Waals surface area (Å²) in [6, 6.07) is 21.1. The largest absolute Gasteiger partial charge is 0.378 e. The molecule has 0 spiro atoms. The highest BCUT2D eigenvalue weighted by Crippen LogP contribution is 2.32. The molecule has 1 aliphatic heterocycles. The van der Waals surface area contributed by atoms with E-state index in [1.165, 1.54) is 27.7 Å².